The van der Waals surface area contributed by atoms with E-state index in [1.807, 2.05) is 6.07 Å². The van der Waals surface area contributed by atoms with Crippen LogP contribution in [0.5, 0.6) is 0 Å². The lowest BCUT2D eigenvalue weighted by Crippen LogP contribution is -2.37. The number of halogens is 3. The molecule has 1 unspecified atom stereocenters. The molecule has 2 N–H and O–H groups in total. The monoisotopic (exact) mass is 389 g/mol. The Kier molecular flexibility index (Phi) is 7.15. The first-order valence-electron chi connectivity index (χ1n) is 8.48. The largest absolute Gasteiger partial charge is 0.416 e. The molecule has 0 aliphatic carbocycles. The number of amides is 2. The van der Waals surface area contributed by atoms with Gasteiger partial charge in [0, 0.05) is 18.7 Å². The third-order valence-electron chi connectivity index (χ3n) is 3.97. The minimum Gasteiger partial charge on any atom is -0.354 e. The molecule has 2 aromatic rings. The molecule has 5 nitrogen and oxygen atoms in total. The highest BCUT2D eigenvalue weighted by Crippen LogP contribution is 2.29. The number of carbonyl (C=O) groups is 2. The molecule has 0 spiro atoms. The van der Waals surface area contributed by atoms with E-state index < -0.39 is 23.6 Å². The predicted molar refractivity (Wildman–Crippen MR) is 96.2 cm³/mol. The van der Waals surface area contributed by atoms with Crippen molar-refractivity contribution in [3.63, 3.8) is 0 Å². The SMILES string of the molecule is N#CCCNC(=O)C(CNC(=O)c1cccc(C(F)(F)F)c1)c1ccccc1. The molecule has 0 bridgehead atoms. The van der Waals surface area contributed by atoms with E-state index in [9.17, 15) is 22.8 Å². The van der Waals surface area contributed by atoms with Gasteiger partial charge in [-0.3, -0.25) is 9.59 Å². The molecule has 0 saturated heterocycles. The fraction of sp³-hybridized carbons (Fsp3) is 0.250. The molecular weight excluding hydrogens is 371 g/mol. The van der Waals surface area contributed by atoms with Crippen molar-refractivity contribution in [3.8, 4) is 6.07 Å². The third-order valence-corrected chi connectivity index (χ3v) is 3.97. The maximum Gasteiger partial charge on any atom is 0.416 e. The maximum absolute atomic E-state index is 12.8. The normalized spacial score (nSPS) is 11.9. The van der Waals surface area contributed by atoms with Gasteiger partial charge in [0.15, 0.2) is 0 Å². The minimum atomic E-state index is -4.55. The van der Waals surface area contributed by atoms with E-state index >= 15 is 0 Å². The van der Waals surface area contributed by atoms with Crippen molar-refractivity contribution in [2.75, 3.05) is 13.1 Å². The first kappa shape index (κ1) is 21.0. The summed E-state index contributed by atoms with van der Waals surface area (Å²) in [5.41, 5.74) is -0.429. The summed E-state index contributed by atoms with van der Waals surface area (Å²) in [5, 5.41) is 13.7. The standard InChI is InChI=1S/C20H18F3N3O2/c21-20(22,23)16-9-4-8-15(12-16)18(27)26-13-17(14-6-2-1-3-7-14)19(28)25-11-5-10-24/h1-4,6-9,12,17H,5,11,13H2,(H,25,28)(H,26,27). The number of nitriles is 1. The molecule has 0 aliphatic rings. The van der Waals surface area contributed by atoms with Crippen LogP contribution in [0, 0.1) is 11.3 Å². The van der Waals surface area contributed by atoms with Crippen LogP contribution in [0.25, 0.3) is 0 Å². The lowest BCUT2D eigenvalue weighted by molar-refractivity contribution is -0.137. The molecule has 0 radical (unpaired) electrons. The third kappa shape index (κ3) is 5.84. The Bertz CT molecular complexity index is 861. The summed E-state index contributed by atoms with van der Waals surface area (Å²) >= 11 is 0. The average Bonchev–Trinajstić information content (AvgIpc) is 2.68. The van der Waals surface area contributed by atoms with Crippen molar-refractivity contribution in [1.82, 2.24) is 10.6 Å². The molecule has 0 aliphatic heterocycles. The Morgan fingerprint density at radius 1 is 1.04 bits per heavy atom. The molecule has 0 fully saturated rings. The van der Waals surface area contributed by atoms with Crippen LogP contribution < -0.4 is 10.6 Å². The van der Waals surface area contributed by atoms with Crippen molar-refractivity contribution in [1.29, 1.82) is 5.26 Å². The van der Waals surface area contributed by atoms with Crippen molar-refractivity contribution in [2.45, 2.75) is 18.5 Å². The highest BCUT2D eigenvalue weighted by atomic mass is 19.4. The lowest BCUT2D eigenvalue weighted by Gasteiger charge is -2.18. The molecule has 2 rings (SSSR count). The first-order valence-corrected chi connectivity index (χ1v) is 8.48. The van der Waals surface area contributed by atoms with E-state index in [1.54, 1.807) is 30.3 Å². The number of nitrogens with one attached hydrogen (secondary N) is 2. The molecule has 2 aromatic carbocycles. The number of carbonyl (C=O) groups excluding carboxylic acids is 2. The smallest absolute Gasteiger partial charge is 0.354 e. The van der Waals surface area contributed by atoms with Crippen LogP contribution in [0.2, 0.25) is 0 Å². The van der Waals surface area contributed by atoms with E-state index in [1.165, 1.54) is 6.07 Å². The average molecular weight is 389 g/mol. The molecule has 1 atom stereocenters. The van der Waals surface area contributed by atoms with Gasteiger partial charge >= 0.3 is 6.18 Å². The van der Waals surface area contributed by atoms with E-state index in [-0.39, 0.29) is 31.0 Å². The summed E-state index contributed by atoms with van der Waals surface area (Å²) in [5.74, 6) is -1.84. The van der Waals surface area contributed by atoms with Crippen LogP contribution >= 0.6 is 0 Å². The molecule has 0 saturated carbocycles. The second-order valence-corrected chi connectivity index (χ2v) is 5.95. The van der Waals surface area contributed by atoms with Crippen molar-refractivity contribution in [2.24, 2.45) is 0 Å². The van der Waals surface area contributed by atoms with Crippen molar-refractivity contribution in [3.05, 3.63) is 71.3 Å². The Hall–Kier alpha value is -3.34. The summed E-state index contributed by atoms with van der Waals surface area (Å²) < 4.78 is 38.4. The maximum atomic E-state index is 12.8. The van der Waals surface area contributed by atoms with Crippen LogP contribution in [0.1, 0.15) is 33.8 Å². The molecule has 28 heavy (non-hydrogen) atoms. The Morgan fingerprint density at radius 3 is 2.39 bits per heavy atom. The van der Waals surface area contributed by atoms with Crippen molar-refractivity contribution >= 4 is 11.8 Å². The fourth-order valence-electron chi connectivity index (χ4n) is 2.55. The van der Waals surface area contributed by atoms with Crippen LogP contribution in [0.3, 0.4) is 0 Å². The van der Waals surface area contributed by atoms with Crippen LogP contribution in [0.4, 0.5) is 13.2 Å². The zero-order valence-electron chi connectivity index (χ0n) is 14.8. The number of hydrogen-bond donors (Lipinski definition) is 2. The van der Waals surface area contributed by atoms with E-state index in [0.29, 0.717) is 5.56 Å². The van der Waals surface area contributed by atoms with Gasteiger partial charge in [-0.25, -0.2) is 0 Å². The number of benzene rings is 2. The summed E-state index contributed by atoms with van der Waals surface area (Å²) in [6.45, 7) is 0.0672. The Labute approximate surface area is 160 Å². The Balaban J connectivity index is 2.11. The first-order chi connectivity index (χ1) is 13.3. The zero-order chi connectivity index (χ0) is 20.6. The molecular formula is C20H18F3N3O2. The summed E-state index contributed by atoms with van der Waals surface area (Å²) in [4.78, 5) is 24.7. The summed E-state index contributed by atoms with van der Waals surface area (Å²) in [6.07, 6.45) is -4.41. The van der Waals surface area contributed by atoms with Gasteiger partial charge in [0.2, 0.25) is 5.91 Å². The molecule has 146 valence electrons. The van der Waals surface area contributed by atoms with E-state index in [2.05, 4.69) is 10.6 Å². The highest BCUT2D eigenvalue weighted by molar-refractivity contribution is 5.95. The van der Waals surface area contributed by atoms with Gasteiger partial charge in [-0.2, -0.15) is 18.4 Å². The van der Waals surface area contributed by atoms with Crippen LogP contribution in [-0.4, -0.2) is 24.9 Å². The van der Waals surface area contributed by atoms with Gasteiger partial charge < -0.3 is 10.6 Å². The molecule has 2 amide bonds. The van der Waals surface area contributed by atoms with Crippen LogP contribution in [-0.2, 0) is 11.0 Å². The Morgan fingerprint density at radius 2 is 1.75 bits per heavy atom. The second-order valence-electron chi connectivity index (χ2n) is 5.95. The lowest BCUT2D eigenvalue weighted by atomic mass is 9.97. The number of nitrogens with zero attached hydrogens (tertiary/aromatic N) is 1. The van der Waals surface area contributed by atoms with Gasteiger partial charge in [0.1, 0.15) is 0 Å². The predicted octanol–water partition coefficient (Wildman–Crippen LogP) is 3.25. The molecule has 8 heteroatoms. The van der Waals surface area contributed by atoms with Gasteiger partial charge in [-0.1, -0.05) is 36.4 Å². The fourth-order valence-corrected chi connectivity index (χ4v) is 2.55. The van der Waals surface area contributed by atoms with E-state index in [0.717, 1.165) is 18.2 Å². The van der Waals surface area contributed by atoms with Crippen LogP contribution in [0.15, 0.2) is 54.6 Å². The molecule has 0 heterocycles. The highest BCUT2D eigenvalue weighted by Gasteiger charge is 2.31. The quantitative estimate of drug-likeness (QED) is 0.714. The minimum absolute atomic E-state index is 0.0997. The molecule has 0 aromatic heterocycles. The van der Waals surface area contributed by atoms with Gasteiger partial charge in [-0.05, 0) is 23.8 Å². The number of hydrogen-bond acceptors (Lipinski definition) is 3. The van der Waals surface area contributed by atoms with Gasteiger partial charge in [-0.15, -0.1) is 0 Å². The zero-order valence-corrected chi connectivity index (χ0v) is 14.8. The van der Waals surface area contributed by atoms with Crippen molar-refractivity contribution < 1.29 is 22.8 Å². The topological polar surface area (TPSA) is 82.0 Å². The summed E-state index contributed by atoms with van der Waals surface area (Å²) in [7, 11) is 0. The summed E-state index contributed by atoms with van der Waals surface area (Å²) in [6, 6.07) is 14.7. The van der Waals surface area contributed by atoms with Gasteiger partial charge in [0.25, 0.3) is 5.91 Å². The number of alkyl halides is 3. The van der Waals surface area contributed by atoms with Gasteiger partial charge in [0.05, 0.1) is 24.0 Å². The second kappa shape index (κ2) is 9.55. The number of rotatable bonds is 7. The van der Waals surface area contributed by atoms with E-state index in [4.69, 9.17) is 5.26 Å².